The monoisotopic (exact) mass is 352 g/mol. The Labute approximate surface area is 147 Å². The molecule has 0 spiro atoms. The first-order valence-electron chi connectivity index (χ1n) is 8.31. The molecule has 0 bridgehead atoms. The van der Waals surface area contributed by atoms with Crippen LogP contribution < -0.4 is 4.90 Å². The van der Waals surface area contributed by atoms with Crippen molar-refractivity contribution in [1.29, 1.82) is 0 Å². The molecule has 1 saturated heterocycles. The minimum Gasteiger partial charge on any atom is -0.449 e. The van der Waals surface area contributed by atoms with Gasteiger partial charge >= 0.3 is 5.97 Å². The molecule has 6 nitrogen and oxygen atoms in total. The average Bonchev–Trinajstić information content (AvgIpc) is 2.52. The minimum absolute atomic E-state index is 0.0664. The van der Waals surface area contributed by atoms with Crippen molar-refractivity contribution in [3.05, 3.63) is 29.6 Å². The van der Waals surface area contributed by atoms with Gasteiger partial charge in [0.15, 0.2) is 6.10 Å². The largest absolute Gasteiger partial charge is 0.449 e. The van der Waals surface area contributed by atoms with Gasteiger partial charge in [-0.1, -0.05) is 0 Å². The predicted molar refractivity (Wildman–Crippen MR) is 92.2 cm³/mol. The number of hydrogen-bond donors (Lipinski definition) is 0. The summed E-state index contributed by atoms with van der Waals surface area (Å²) in [6.45, 7) is 6.22. The zero-order chi connectivity index (χ0) is 18.7. The highest BCUT2D eigenvalue weighted by Gasteiger charge is 2.30. The van der Waals surface area contributed by atoms with Crippen LogP contribution in [-0.2, 0) is 14.3 Å². The third kappa shape index (κ3) is 4.69. The SMILES string of the molecule is C[C@@H]1CN(C(=O)[C@@H](C)OC(=O)c2ccc(N(C)C)c(F)c2)C[C@H](C)O1. The van der Waals surface area contributed by atoms with E-state index in [1.807, 2.05) is 13.8 Å². The Balaban J connectivity index is 2.02. The number of hydrogen-bond acceptors (Lipinski definition) is 5. The van der Waals surface area contributed by atoms with Crippen LogP contribution in [-0.4, -0.2) is 62.3 Å². The van der Waals surface area contributed by atoms with Crippen molar-refractivity contribution in [1.82, 2.24) is 4.90 Å². The highest BCUT2D eigenvalue weighted by Crippen LogP contribution is 2.19. The summed E-state index contributed by atoms with van der Waals surface area (Å²) in [4.78, 5) is 27.9. The summed E-state index contributed by atoms with van der Waals surface area (Å²) in [5.74, 6) is -1.52. The van der Waals surface area contributed by atoms with Crippen LogP contribution in [0.3, 0.4) is 0 Å². The lowest BCUT2D eigenvalue weighted by Gasteiger charge is -2.36. The van der Waals surface area contributed by atoms with Crippen molar-refractivity contribution in [2.45, 2.75) is 39.1 Å². The van der Waals surface area contributed by atoms with Crippen molar-refractivity contribution in [3.63, 3.8) is 0 Å². The predicted octanol–water partition coefficient (Wildman–Crippen LogP) is 2.07. The van der Waals surface area contributed by atoms with Crippen LogP contribution in [0.15, 0.2) is 18.2 Å². The van der Waals surface area contributed by atoms with Gasteiger partial charge in [-0.2, -0.15) is 0 Å². The zero-order valence-electron chi connectivity index (χ0n) is 15.3. The van der Waals surface area contributed by atoms with Gasteiger partial charge < -0.3 is 19.3 Å². The van der Waals surface area contributed by atoms with Crippen molar-refractivity contribution >= 4 is 17.6 Å². The molecule has 0 aliphatic carbocycles. The fourth-order valence-electron chi connectivity index (χ4n) is 2.89. The molecule has 0 N–H and O–H groups in total. The number of esters is 1. The lowest BCUT2D eigenvalue weighted by atomic mass is 10.2. The van der Waals surface area contributed by atoms with E-state index in [0.717, 1.165) is 6.07 Å². The molecule has 0 aromatic heterocycles. The third-order valence-electron chi connectivity index (χ3n) is 4.03. The molecule has 1 aromatic carbocycles. The number of carbonyl (C=O) groups is 2. The quantitative estimate of drug-likeness (QED) is 0.777. The van der Waals surface area contributed by atoms with Gasteiger partial charge in [-0.05, 0) is 39.0 Å². The first-order chi connectivity index (χ1) is 11.7. The highest BCUT2D eigenvalue weighted by atomic mass is 19.1. The van der Waals surface area contributed by atoms with E-state index in [0.29, 0.717) is 18.8 Å². The molecule has 138 valence electrons. The van der Waals surface area contributed by atoms with Crippen LogP contribution in [0, 0.1) is 5.82 Å². The highest BCUT2D eigenvalue weighted by molar-refractivity contribution is 5.92. The standard InChI is InChI=1S/C18H25FN2O4/c1-11-9-21(10-12(2)24-11)17(22)13(3)25-18(23)14-6-7-16(20(4)5)15(19)8-14/h6-8,11-13H,9-10H2,1-5H3/t11-,12+,13-/m1/s1. The Morgan fingerprint density at radius 2 is 1.88 bits per heavy atom. The number of anilines is 1. The third-order valence-corrected chi connectivity index (χ3v) is 4.03. The molecule has 1 aromatic rings. The van der Waals surface area contributed by atoms with E-state index in [9.17, 15) is 14.0 Å². The van der Waals surface area contributed by atoms with Crippen LogP contribution in [0.4, 0.5) is 10.1 Å². The second-order valence-electron chi connectivity index (χ2n) is 6.61. The van der Waals surface area contributed by atoms with Gasteiger partial charge in [0.1, 0.15) is 5.82 Å². The maximum Gasteiger partial charge on any atom is 0.339 e. The van der Waals surface area contributed by atoms with Gasteiger partial charge in [0.05, 0.1) is 23.5 Å². The summed E-state index contributed by atoms with van der Waals surface area (Å²) in [5.41, 5.74) is 0.448. The van der Waals surface area contributed by atoms with Crippen molar-refractivity contribution in [3.8, 4) is 0 Å². The number of carbonyl (C=O) groups excluding carboxylic acids is 2. The van der Waals surface area contributed by atoms with Crippen molar-refractivity contribution in [2.24, 2.45) is 0 Å². The van der Waals surface area contributed by atoms with Gasteiger partial charge in [-0.15, -0.1) is 0 Å². The van der Waals surface area contributed by atoms with E-state index < -0.39 is 17.9 Å². The number of benzene rings is 1. The Hall–Kier alpha value is -2.15. The van der Waals surface area contributed by atoms with Gasteiger partial charge in [-0.3, -0.25) is 4.79 Å². The van der Waals surface area contributed by atoms with E-state index in [4.69, 9.17) is 9.47 Å². The van der Waals surface area contributed by atoms with E-state index in [2.05, 4.69) is 0 Å². The maximum atomic E-state index is 14.0. The molecule has 0 saturated carbocycles. The van der Waals surface area contributed by atoms with Crippen LogP contribution in [0.2, 0.25) is 0 Å². The number of rotatable bonds is 4. The van der Waals surface area contributed by atoms with Crippen molar-refractivity contribution in [2.75, 3.05) is 32.1 Å². The second-order valence-corrected chi connectivity index (χ2v) is 6.61. The Morgan fingerprint density at radius 3 is 2.40 bits per heavy atom. The summed E-state index contributed by atoms with van der Waals surface area (Å²) in [7, 11) is 3.42. The number of amides is 1. The zero-order valence-corrected chi connectivity index (χ0v) is 15.3. The van der Waals surface area contributed by atoms with Crippen LogP contribution in [0.1, 0.15) is 31.1 Å². The molecule has 3 atom stereocenters. The number of halogens is 1. The van der Waals surface area contributed by atoms with Crippen molar-refractivity contribution < 1.29 is 23.5 Å². The van der Waals surface area contributed by atoms with Gasteiger partial charge in [-0.25, -0.2) is 9.18 Å². The van der Waals surface area contributed by atoms with Crippen LogP contribution in [0.25, 0.3) is 0 Å². The fraction of sp³-hybridized carbons (Fsp3) is 0.556. The Bertz CT molecular complexity index is 640. The maximum absolute atomic E-state index is 14.0. The molecule has 2 rings (SSSR count). The van der Waals surface area contributed by atoms with Gasteiger partial charge in [0.25, 0.3) is 5.91 Å². The minimum atomic E-state index is -0.943. The molecular formula is C18H25FN2O4. The smallest absolute Gasteiger partial charge is 0.339 e. The van der Waals surface area contributed by atoms with E-state index >= 15 is 0 Å². The fourth-order valence-corrected chi connectivity index (χ4v) is 2.89. The molecule has 1 heterocycles. The molecule has 1 amide bonds. The lowest BCUT2D eigenvalue weighted by molar-refractivity contribution is -0.151. The molecular weight excluding hydrogens is 327 g/mol. The molecule has 1 aliphatic rings. The first-order valence-corrected chi connectivity index (χ1v) is 8.31. The Kier molecular flexibility index (Phi) is 6.00. The number of nitrogens with zero attached hydrogens (tertiary/aromatic N) is 2. The molecule has 1 fully saturated rings. The molecule has 0 unspecified atom stereocenters. The Morgan fingerprint density at radius 1 is 1.28 bits per heavy atom. The van der Waals surface area contributed by atoms with Crippen LogP contribution in [0.5, 0.6) is 0 Å². The number of ether oxygens (including phenoxy) is 2. The van der Waals surface area contributed by atoms with E-state index in [1.54, 1.807) is 23.9 Å². The van der Waals surface area contributed by atoms with Gasteiger partial charge in [0, 0.05) is 27.2 Å². The summed E-state index contributed by atoms with van der Waals surface area (Å²) >= 11 is 0. The van der Waals surface area contributed by atoms with E-state index in [1.165, 1.54) is 19.1 Å². The van der Waals surface area contributed by atoms with Gasteiger partial charge in [0.2, 0.25) is 0 Å². The average molecular weight is 352 g/mol. The molecule has 1 aliphatic heterocycles. The molecule has 7 heteroatoms. The number of morpholine rings is 1. The summed E-state index contributed by atoms with van der Waals surface area (Å²) < 4.78 is 24.8. The first kappa shape index (κ1) is 19.2. The molecule has 25 heavy (non-hydrogen) atoms. The topological polar surface area (TPSA) is 59.1 Å². The van der Waals surface area contributed by atoms with E-state index in [-0.39, 0.29) is 23.7 Å². The summed E-state index contributed by atoms with van der Waals surface area (Å²) in [6.07, 6.45) is -1.08. The second kappa shape index (κ2) is 7.82. The van der Waals surface area contributed by atoms with Crippen LogP contribution >= 0.6 is 0 Å². The summed E-state index contributed by atoms with van der Waals surface area (Å²) in [6, 6.07) is 4.11. The summed E-state index contributed by atoms with van der Waals surface area (Å²) in [5, 5.41) is 0. The molecule has 0 radical (unpaired) electrons. The normalized spacial score (nSPS) is 21.6. The lowest BCUT2D eigenvalue weighted by Crippen LogP contribution is -2.51.